The van der Waals surface area contributed by atoms with Crippen molar-refractivity contribution in [3.05, 3.63) is 10.1 Å². The number of piperidine rings is 1. The van der Waals surface area contributed by atoms with Gasteiger partial charge in [-0.2, -0.15) is 0 Å². The highest BCUT2D eigenvalue weighted by Crippen LogP contribution is 2.18. The van der Waals surface area contributed by atoms with Gasteiger partial charge >= 0.3 is 0 Å². The van der Waals surface area contributed by atoms with Gasteiger partial charge in [-0.1, -0.05) is 6.42 Å². The zero-order chi connectivity index (χ0) is 13.1. The average molecular weight is 264 g/mol. The molecule has 0 aliphatic carbocycles. The molecule has 0 aromatic heterocycles. The number of rotatable bonds is 5. The maximum atomic E-state index is 12.0. The van der Waals surface area contributed by atoms with E-state index in [1.807, 2.05) is 0 Å². The Balaban J connectivity index is 2.58. The molecule has 0 N–H and O–H groups in total. The van der Waals surface area contributed by atoms with E-state index in [0.717, 1.165) is 19.3 Å². The second kappa shape index (κ2) is 5.30. The molecule has 1 saturated heterocycles. The van der Waals surface area contributed by atoms with Gasteiger partial charge in [0.1, 0.15) is 0 Å². The number of hydrogen-bond acceptors (Lipinski definition) is 4. The van der Waals surface area contributed by atoms with Gasteiger partial charge in [0.15, 0.2) is 0 Å². The van der Waals surface area contributed by atoms with Gasteiger partial charge in [0, 0.05) is 38.3 Å². The van der Waals surface area contributed by atoms with E-state index in [0.29, 0.717) is 13.1 Å². The van der Waals surface area contributed by atoms with Gasteiger partial charge < -0.3 is 0 Å². The molecule has 1 aliphatic rings. The van der Waals surface area contributed by atoms with Crippen molar-refractivity contribution in [3.8, 4) is 0 Å². The second-order valence-corrected chi connectivity index (χ2v) is 7.18. The highest BCUT2D eigenvalue weighted by molar-refractivity contribution is 7.89. The molecule has 0 saturated carbocycles. The summed E-state index contributed by atoms with van der Waals surface area (Å²) in [5, 5.41) is 10.7. The molecule has 1 rings (SSSR count). The molecule has 6 nitrogen and oxygen atoms in total. The van der Waals surface area contributed by atoms with Crippen molar-refractivity contribution >= 4 is 10.0 Å². The SMILES string of the molecule is CC(C)(CCS(=O)(=O)N1CCCCC1)[N+](=O)[O-]. The van der Waals surface area contributed by atoms with Crippen molar-refractivity contribution in [3.63, 3.8) is 0 Å². The average Bonchev–Trinajstić information content (AvgIpc) is 2.28. The van der Waals surface area contributed by atoms with E-state index in [1.54, 1.807) is 0 Å². The van der Waals surface area contributed by atoms with Gasteiger partial charge in [-0.3, -0.25) is 10.1 Å². The number of nitrogens with zero attached hydrogens (tertiary/aromatic N) is 2. The Bertz CT molecular complexity index is 372. The minimum atomic E-state index is -3.32. The molecule has 0 unspecified atom stereocenters. The first-order chi connectivity index (χ1) is 7.76. The third-order valence-corrected chi connectivity index (χ3v) is 5.05. The highest BCUT2D eigenvalue weighted by atomic mass is 32.2. The van der Waals surface area contributed by atoms with Crippen LogP contribution in [0.15, 0.2) is 0 Å². The molecular weight excluding hydrogens is 244 g/mol. The fourth-order valence-electron chi connectivity index (χ4n) is 1.74. The van der Waals surface area contributed by atoms with Crippen molar-refractivity contribution in [1.82, 2.24) is 4.31 Å². The standard InChI is InChI=1S/C10H20N2O4S/c1-10(2,12(13)14)6-9-17(15,16)11-7-4-3-5-8-11/h3-9H2,1-2H3. The molecule has 1 fully saturated rings. The smallest absolute Gasteiger partial charge is 0.217 e. The monoisotopic (exact) mass is 264 g/mol. The lowest BCUT2D eigenvalue weighted by atomic mass is 10.0. The van der Waals surface area contributed by atoms with Crippen LogP contribution in [-0.2, 0) is 10.0 Å². The summed E-state index contributed by atoms with van der Waals surface area (Å²) in [6.45, 7) is 4.03. The number of sulfonamides is 1. The van der Waals surface area contributed by atoms with E-state index in [4.69, 9.17) is 0 Å². The third-order valence-electron chi connectivity index (χ3n) is 3.17. The predicted molar refractivity (Wildman–Crippen MR) is 64.9 cm³/mol. The molecule has 17 heavy (non-hydrogen) atoms. The fraction of sp³-hybridized carbons (Fsp3) is 1.00. The molecule has 0 aromatic rings. The van der Waals surface area contributed by atoms with Gasteiger partial charge in [-0.25, -0.2) is 12.7 Å². The van der Waals surface area contributed by atoms with E-state index in [2.05, 4.69) is 0 Å². The van der Waals surface area contributed by atoms with Crippen molar-refractivity contribution in [1.29, 1.82) is 0 Å². The highest BCUT2D eigenvalue weighted by Gasteiger charge is 2.34. The summed E-state index contributed by atoms with van der Waals surface area (Å²) in [6.07, 6.45) is 2.89. The molecule has 0 spiro atoms. The van der Waals surface area contributed by atoms with Gasteiger partial charge in [0.05, 0.1) is 5.75 Å². The zero-order valence-electron chi connectivity index (χ0n) is 10.4. The van der Waals surface area contributed by atoms with Crippen LogP contribution < -0.4 is 0 Å². The first-order valence-electron chi connectivity index (χ1n) is 5.88. The van der Waals surface area contributed by atoms with Crippen LogP contribution in [0.3, 0.4) is 0 Å². The van der Waals surface area contributed by atoms with Crippen LogP contribution in [0.2, 0.25) is 0 Å². The number of hydrogen-bond donors (Lipinski definition) is 0. The van der Waals surface area contributed by atoms with Crippen LogP contribution in [0.1, 0.15) is 39.5 Å². The van der Waals surface area contributed by atoms with Crippen LogP contribution in [-0.4, -0.2) is 42.0 Å². The molecule has 0 amide bonds. The summed E-state index contributed by atoms with van der Waals surface area (Å²) in [5.74, 6) is -0.138. The summed E-state index contributed by atoms with van der Waals surface area (Å²) >= 11 is 0. The summed E-state index contributed by atoms with van der Waals surface area (Å²) in [7, 11) is -3.32. The predicted octanol–water partition coefficient (Wildman–Crippen LogP) is 1.25. The van der Waals surface area contributed by atoms with Crippen molar-refractivity contribution in [2.75, 3.05) is 18.8 Å². The van der Waals surface area contributed by atoms with E-state index in [9.17, 15) is 18.5 Å². The Labute approximate surface area is 102 Å². The van der Waals surface area contributed by atoms with Crippen LogP contribution in [0.25, 0.3) is 0 Å². The van der Waals surface area contributed by atoms with Crippen molar-refractivity contribution < 1.29 is 13.3 Å². The molecule has 1 heterocycles. The Morgan fingerprint density at radius 3 is 2.24 bits per heavy atom. The van der Waals surface area contributed by atoms with Crippen LogP contribution >= 0.6 is 0 Å². The van der Waals surface area contributed by atoms with Crippen LogP contribution in [0, 0.1) is 10.1 Å². The Kier molecular flexibility index (Phi) is 4.48. The fourth-order valence-corrected chi connectivity index (χ4v) is 3.57. The minimum absolute atomic E-state index is 0.0544. The molecular formula is C10H20N2O4S. The lowest BCUT2D eigenvalue weighted by Gasteiger charge is -2.26. The summed E-state index contributed by atoms with van der Waals surface area (Å²) in [6, 6.07) is 0. The van der Waals surface area contributed by atoms with E-state index in [-0.39, 0.29) is 12.2 Å². The third kappa shape index (κ3) is 3.92. The molecule has 0 atom stereocenters. The maximum Gasteiger partial charge on any atom is 0.217 e. The van der Waals surface area contributed by atoms with E-state index in [1.165, 1.54) is 18.2 Å². The minimum Gasteiger partial charge on any atom is -0.264 e. The van der Waals surface area contributed by atoms with Crippen LogP contribution in [0.4, 0.5) is 0 Å². The zero-order valence-corrected chi connectivity index (χ0v) is 11.2. The lowest BCUT2D eigenvalue weighted by Crippen LogP contribution is -2.40. The van der Waals surface area contributed by atoms with Gasteiger partial charge in [0.2, 0.25) is 15.6 Å². The van der Waals surface area contributed by atoms with Gasteiger partial charge in [-0.15, -0.1) is 0 Å². The normalized spacial score (nSPS) is 19.2. The van der Waals surface area contributed by atoms with Crippen molar-refractivity contribution in [2.24, 2.45) is 0 Å². The molecule has 0 radical (unpaired) electrons. The largest absolute Gasteiger partial charge is 0.264 e. The topological polar surface area (TPSA) is 80.5 Å². The number of nitro groups is 1. The summed E-state index contributed by atoms with van der Waals surface area (Å²) < 4.78 is 25.4. The van der Waals surface area contributed by atoms with Gasteiger partial charge in [0.25, 0.3) is 0 Å². The quantitative estimate of drug-likeness (QED) is 0.553. The van der Waals surface area contributed by atoms with Gasteiger partial charge in [-0.05, 0) is 12.8 Å². The molecule has 7 heteroatoms. The molecule has 0 aromatic carbocycles. The molecule has 1 aliphatic heterocycles. The van der Waals surface area contributed by atoms with E-state index >= 15 is 0 Å². The second-order valence-electron chi connectivity index (χ2n) is 5.10. The molecule has 100 valence electrons. The summed E-state index contributed by atoms with van der Waals surface area (Å²) in [4.78, 5) is 10.3. The molecule has 0 bridgehead atoms. The maximum absolute atomic E-state index is 12.0. The van der Waals surface area contributed by atoms with Crippen molar-refractivity contribution in [2.45, 2.75) is 45.1 Å². The lowest BCUT2D eigenvalue weighted by molar-refractivity contribution is -0.560. The van der Waals surface area contributed by atoms with E-state index < -0.39 is 20.5 Å². The van der Waals surface area contributed by atoms with Crippen LogP contribution in [0.5, 0.6) is 0 Å². The Hall–Kier alpha value is -0.690. The first-order valence-corrected chi connectivity index (χ1v) is 7.49. The first kappa shape index (κ1) is 14.4. The Morgan fingerprint density at radius 2 is 1.76 bits per heavy atom. The Morgan fingerprint density at radius 1 is 1.24 bits per heavy atom. The summed E-state index contributed by atoms with van der Waals surface area (Å²) in [5.41, 5.74) is -1.18.